The Balaban J connectivity index is 2.37. The molecule has 0 radical (unpaired) electrons. The topological polar surface area (TPSA) is 80.4 Å². The van der Waals surface area contributed by atoms with Crippen LogP contribution in [-0.4, -0.2) is 15.6 Å². The number of hydrazone groups is 1. The zero-order valence-electron chi connectivity index (χ0n) is 11.8. The third-order valence-electron chi connectivity index (χ3n) is 2.89. The Kier molecular flexibility index (Phi) is 4.98. The van der Waals surface area contributed by atoms with Crippen molar-refractivity contribution in [3.8, 4) is 0 Å². The highest BCUT2D eigenvalue weighted by Crippen LogP contribution is 2.26. The fourth-order valence-corrected chi connectivity index (χ4v) is 1.85. The highest BCUT2D eigenvalue weighted by atomic mass is 35.5. The van der Waals surface area contributed by atoms with E-state index in [4.69, 9.17) is 11.6 Å². The van der Waals surface area contributed by atoms with Gasteiger partial charge in [-0.3, -0.25) is 15.5 Å². The molecule has 0 amide bonds. The van der Waals surface area contributed by atoms with Gasteiger partial charge in [0.2, 0.25) is 11.6 Å². The molecular weight excluding hydrogens is 356 g/mol. The van der Waals surface area contributed by atoms with E-state index in [-0.39, 0.29) is 16.3 Å². The molecule has 0 atom stereocenters. The van der Waals surface area contributed by atoms with Gasteiger partial charge in [-0.1, -0.05) is 17.7 Å². The minimum absolute atomic E-state index is 0.0474. The maximum absolute atomic E-state index is 13.4. The van der Waals surface area contributed by atoms with Gasteiger partial charge in [0.25, 0.3) is 17.6 Å². The Morgan fingerprint density at radius 1 is 1.25 bits per heavy atom. The van der Waals surface area contributed by atoms with Crippen molar-refractivity contribution in [1.29, 1.82) is 0 Å². The summed E-state index contributed by atoms with van der Waals surface area (Å²) in [5, 5.41) is 14.3. The normalized spacial score (nSPS) is 11.5. The molecule has 1 aromatic carbocycles. The molecule has 126 valence electrons. The molecule has 0 saturated carbocycles. The van der Waals surface area contributed by atoms with Gasteiger partial charge < -0.3 is 0 Å². The van der Waals surface area contributed by atoms with Gasteiger partial charge in [0.1, 0.15) is 10.7 Å². The lowest BCUT2D eigenvalue weighted by atomic mass is 10.1. The van der Waals surface area contributed by atoms with Gasteiger partial charge in [0.15, 0.2) is 0 Å². The Bertz CT molecular complexity index is 834. The van der Waals surface area contributed by atoms with E-state index in [9.17, 15) is 27.7 Å². The Hall–Kier alpha value is -2.75. The molecule has 1 heterocycles. The quantitative estimate of drug-likeness (QED) is 0.293. The van der Waals surface area contributed by atoms with Crippen molar-refractivity contribution in [2.24, 2.45) is 5.10 Å². The zero-order valence-corrected chi connectivity index (χ0v) is 12.5. The number of pyridine rings is 1. The first-order chi connectivity index (χ1) is 11.2. The lowest BCUT2D eigenvalue weighted by Gasteiger charge is -2.07. The van der Waals surface area contributed by atoms with Gasteiger partial charge in [0, 0.05) is 11.6 Å². The van der Waals surface area contributed by atoms with Gasteiger partial charge in [-0.25, -0.2) is 0 Å². The molecule has 2 rings (SSSR count). The molecule has 0 aliphatic carbocycles. The Morgan fingerprint density at radius 2 is 1.83 bits per heavy atom. The molecule has 0 saturated heterocycles. The SMILES string of the molecule is CC(=NNc1c(F)c(F)nc(F)c1F)c1ccc(Cl)c([N+](=O)[O-])c1. The standard InChI is InChI=1S/C13H7ClF4N4O2/c1-5(6-2-3-7(14)8(4-6)22(23)24)20-21-11-9(15)12(17)19-13(18)10(11)16/h2-4H,1H3,(H,19,21). The van der Waals surface area contributed by atoms with Crippen LogP contribution < -0.4 is 5.43 Å². The van der Waals surface area contributed by atoms with E-state index < -0.39 is 39.8 Å². The number of nitro benzene ring substituents is 1. The lowest BCUT2D eigenvalue weighted by Crippen LogP contribution is -2.08. The molecule has 0 fully saturated rings. The predicted octanol–water partition coefficient (Wildman–Crippen LogP) is 4.04. The molecule has 24 heavy (non-hydrogen) atoms. The van der Waals surface area contributed by atoms with Crippen LogP contribution in [0.5, 0.6) is 0 Å². The first-order valence-corrected chi connectivity index (χ1v) is 6.54. The van der Waals surface area contributed by atoms with Crippen LogP contribution in [0.15, 0.2) is 23.3 Å². The van der Waals surface area contributed by atoms with Crippen molar-refractivity contribution >= 4 is 28.7 Å². The summed E-state index contributed by atoms with van der Waals surface area (Å²) in [4.78, 5) is 12.5. The summed E-state index contributed by atoms with van der Waals surface area (Å²) in [6.45, 7) is 1.35. The molecule has 0 bridgehead atoms. The van der Waals surface area contributed by atoms with Crippen LogP contribution in [0.3, 0.4) is 0 Å². The Morgan fingerprint density at radius 3 is 2.38 bits per heavy atom. The second-order valence-electron chi connectivity index (χ2n) is 4.43. The van der Waals surface area contributed by atoms with Crippen LogP contribution >= 0.6 is 11.6 Å². The van der Waals surface area contributed by atoms with Gasteiger partial charge in [-0.05, 0) is 13.0 Å². The molecule has 0 aliphatic heterocycles. The van der Waals surface area contributed by atoms with E-state index in [0.717, 1.165) is 6.07 Å². The van der Waals surface area contributed by atoms with Crippen LogP contribution in [0.2, 0.25) is 5.02 Å². The number of hydrogen-bond donors (Lipinski definition) is 1. The molecule has 1 N–H and O–H groups in total. The summed E-state index contributed by atoms with van der Waals surface area (Å²) in [6, 6.07) is 3.69. The number of nitrogens with one attached hydrogen (secondary N) is 1. The van der Waals surface area contributed by atoms with Crippen LogP contribution in [0, 0.1) is 33.6 Å². The van der Waals surface area contributed by atoms with E-state index >= 15 is 0 Å². The van der Waals surface area contributed by atoms with E-state index in [2.05, 4.69) is 10.1 Å². The zero-order chi connectivity index (χ0) is 18.0. The number of halogens is 5. The number of nitrogens with zero attached hydrogens (tertiary/aromatic N) is 3. The van der Waals surface area contributed by atoms with Crippen molar-refractivity contribution in [3.05, 3.63) is 62.4 Å². The molecule has 6 nitrogen and oxygen atoms in total. The van der Waals surface area contributed by atoms with Crippen molar-refractivity contribution in [2.75, 3.05) is 5.43 Å². The number of nitro groups is 1. The molecule has 1 aromatic heterocycles. The van der Waals surface area contributed by atoms with E-state index in [1.54, 1.807) is 0 Å². The molecular formula is C13H7ClF4N4O2. The summed E-state index contributed by atoms with van der Waals surface area (Å²) in [5.41, 5.74) is 0.511. The van der Waals surface area contributed by atoms with Crippen molar-refractivity contribution in [1.82, 2.24) is 4.98 Å². The number of hydrogen-bond acceptors (Lipinski definition) is 5. The second kappa shape index (κ2) is 6.79. The predicted molar refractivity (Wildman–Crippen MR) is 78.0 cm³/mol. The third-order valence-corrected chi connectivity index (χ3v) is 3.21. The monoisotopic (exact) mass is 362 g/mol. The summed E-state index contributed by atoms with van der Waals surface area (Å²) < 4.78 is 52.8. The highest BCUT2D eigenvalue weighted by Gasteiger charge is 2.20. The average molecular weight is 363 g/mol. The van der Waals surface area contributed by atoms with Gasteiger partial charge >= 0.3 is 0 Å². The smallest absolute Gasteiger partial charge is 0.272 e. The lowest BCUT2D eigenvalue weighted by molar-refractivity contribution is -0.384. The first kappa shape index (κ1) is 17.6. The van der Waals surface area contributed by atoms with Crippen molar-refractivity contribution in [3.63, 3.8) is 0 Å². The number of aromatic nitrogens is 1. The van der Waals surface area contributed by atoms with Crippen LogP contribution in [-0.2, 0) is 0 Å². The van der Waals surface area contributed by atoms with Crippen LogP contribution in [0.1, 0.15) is 12.5 Å². The fourth-order valence-electron chi connectivity index (χ4n) is 1.67. The van der Waals surface area contributed by atoms with Gasteiger partial charge in [0.05, 0.1) is 10.6 Å². The third kappa shape index (κ3) is 3.43. The largest absolute Gasteiger partial charge is 0.288 e. The minimum Gasteiger partial charge on any atom is -0.272 e. The average Bonchev–Trinajstić information content (AvgIpc) is 2.53. The molecule has 0 aliphatic rings. The second-order valence-corrected chi connectivity index (χ2v) is 4.84. The summed E-state index contributed by atoms with van der Waals surface area (Å²) >= 11 is 5.66. The minimum atomic E-state index is -1.84. The molecule has 0 unspecified atom stereocenters. The molecule has 11 heteroatoms. The van der Waals surface area contributed by atoms with E-state index in [0.29, 0.717) is 0 Å². The van der Waals surface area contributed by atoms with Crippen LogP contribution in [0.4, 0.5) is 28.9 Å². The summed E-state index contributed by atoms with van der Waals surface area (Å²) in [6.07, 6.45) is 0. The van der Waals surface area contributed by atoms with Gasteiger partial charge in [-0.15, -0.1) is 0 Å². The Labute approximate surface area is 136 Å². The summed E-state index contributed by atoms with van der Waals surface area (Å²) in [5.74, 6) is -7.20. The fraction of sp³-hybridized carbons (Fsp3) is 0.0769. The number of benzene rings is 1. The summed E-state index contributed by atoms with van der Waals surface area (Å²) in [7, 11) is 0. The van der Waals surface area contributed by atoms with Gasteiger partial charge in [-0.2, -0.15) is 27.6 Å². The highest BCUT2D eigenvalue weighted by molar-refractivity contribution is 6.32. The van der Waals surface area contributed by atoms with Crippen molar-refractivity contribution in [2.45, 2.75) is 6.92 Å². The molecule has 2 aromatic rings. The molecule has 0 spiro atoms. The maximum Gasteiger partial charge on any atom is 0.288 e. The number of rotatable bonds is 4. The first-order valence-electron chi connectivity index (χ1n) is 6.17. The maximum atomic E-state index is 13.4. The van der Waals surface area contributed by atoms with Crippen LogP contribution in [0.25, 0.3) is 0 Å². The number of anilines is 1. The van der Waals surface area contributed by atoms with E-state index in [1.807, 2.05) is 5.43 Å². The van der Waals surface area contributed by atoms with Crippen molar-refractivity contribution < 1.29 is 22.5 Å². The van der Waals surface area contributed by atoms with E-state index in [1.165, 1.54) is 19.1 Å².